The Morgan fingerprint density at radius 2 is 1.85 bits per heavy atom. The lowest BCUT2D eigenvalue weighted by molar-refractivity contribution is 0.559. The molecule has 0 aliphatic carbocycles. The Morgan fingerprint density at radius 1 is 1.20 bits per heavy atom. The van der Waals surface area contributed by atoms with Crippen LogP contribution in [0.4, 0.5) is 14.5 Å². The number of hydrogen-bond donors (Lipinski definition) is 1. The summed E-state index contributed by atoms with van der Waals surface area (Å²) in [5.74, 6) is -1.46. The van der Waals surface area contributed by atoms with Crippen LogP contribution in [0.3, 0.4) is 0 Å². The first-order chi connectivity index (χ1) is 9.51. The van der Waals surface area contributed by atoms with Crippen LogP contribution in [0.2, 0.25) is 0 Å². The molecule has 0 spiro atoms. The van der Waals surface area contributed by atoms with Gasteiger partial charge in [0.1, 0.15) is 11.6 Å². The summed E-state index contributed by atoms with van der Waals surface area (Å²) in [5.41, 5.74) is 2.24. The highest BCUT2D eigenvalue weighted by Gasteiger charge is 2.11. The number of nitriles is 1. The molecule has 0 saturated heterocycles. The number of nitrogens with one attached hydrogen (secondary N) is 1. The molecule has 0 aliphatic heterocycles. The van der Waals surface area contributed by atoms with Crippen molar-refractivity contribution < 1.29 is 8.78 Å². The van der Waals surface area contributed by atoms with E-state index in [1.54, 1.807) is 6.07 Å². The van der Waals surface area contributed by atoms with Crippen molar-refractivity contribution >= 4 is 5.69 Å². The highest BCUT2D eigenvalue weighted by Crippen LogP contribution is 2.18. The molecule has 0 saturated carbocycles. The van der Waals surface area contributed by atoms with Crippen LogP contribution in [0, 0.1) is 36.8 Å². The van der Waals surface area contributed by atoms with Crippen molar-refractivity contribution in [3.05, 3.63) is 58.4 Å². The molecule has 2 rings (SSSR count). The zero-order valence-corrected chi connectivity index (χ0v) is 11.2. The van der Waals surface area contributed by atoms with Gasteiger partial charge in [-0.3, -0.25) is 4.98 Å². The third kappa shape index (κ3) is 2.91. The minimum absolute atomic E-state index is 0.00500. The Kier molecular flexibility index (Phi) is 3.94. The second-order valence-corrected chi connectivity index (χ2v) is 4.47. The van der Waals surface area contributed by atoms with Gasteiger partial charge in [-0.15, -0.1) is 0 Å². The molecule has 3 nitrogen and oxygen atoms in total. The van der Waals surface area contributed by atoms with Gasteiger partial charge in [0.15, 0.2) is 0 Å². The van der Waals surface area contributed by atoms with Crippen molar-refractivity contribution in [2.24, 2.45) is 0 Å². The van der Waals surface area contributed by atoms with Gasteiger partial charge in [0.05, 0.1) is 23.0 Å². The van der Waals surface area contributed by atoms with Gasteiger partial charge < -0.3 is 5.32 Å². The van der Waals surface area contributed by atoms with Crippen LogP contribution in [-0.4, -0.2) is 4.98 Å². The van der Waals surface area contributed by atoms with Crippen molar-refractivity contribution in [1.82, 2.24) is 4.98 Å². The van der Waals surface area contributed by atoms with Gasteiger partial charge in [-0.2, -0.15) is 5.26 Å². The van der Waals surface area contributed by atoms with E-state index in [4.69, 9.17) is 5.26 Å². The third-order valence-electron chi connectivity index (χ3n) is 2.95. The maximum Gasteiger partial charge on any atom is 0.132 e. The van der Waals surface area contributed by atoms with E-state index < -0.39 is 11.6 Å². The van der Waals surface area contributed by atoms with Crippen molar-refractivity contribution in [2.45, 2.75) is 20.4 Å². The first-order valence-corrected chi connectivity index (χ1v) is 6.07. The number of aromatic nitrogens is 1. The number of hydrogen-bond acceptors (Lipinski definition) is 3. The molecule has 0 amide bonds. The van der Waals surface area contributed by atoms with Crippen LogP contribution in [0.1, 0.15) is 22.5 Å². The van der Waals surface area contributed by atoms with Crippen molar-refractivity contribution in [1.29, 1.82) is 5.26 Å². The Labute approximate surface area is 115 Å². The van der Waals surface area contributed by atoms with Gasteiger partial charge in [-0.05, 0) is 38.1 Å². The molecule has 1 aromatic carbocycles. The van der Waals surface area contributed by atoms with Gasteiger partial charge in [0, 0.05) is 17.8 Å². The van der Waals surface area contributed by atoms with E-state index in [9.17, 15) is 8.78 Å². The highest BCUT2D eigenvalue weighted by atomic mass is 19.1. The molecule has 2 aromatic rings. The Balaban J connectivity index is 2.21. The largest absolute Gasteiger partial charge is 0.379 e. The van der Waals surface area contributed by atoms with Crippen LogP contribution in [0.25, 0.3) is 0 Å². The predicted molar refractivity (Wildman–Crippen MR) is 72.1 cm³/mol. The Hall–Kier alpha value is -2.48. The quantitative estimate of drug-likeness (QED) is 0.931. The van der Waals surface area contributed by atoms with Gasteiger partial charge >= 0.3 is 0 Å². The first-order valence-electron chi connectivity index (χ1n) is 6.07. The number of aryl methyl sites for hydroxylation is 2. The van der Waals surface area contributed by atoms with Crippen molar-refractivity contribution in [3.8, 4) is 6.07 Å². The zero-order valence-electron chi connectivity index (χ0n) is 11.2. The summed E-state index contributed by atoms with van der Waals surface area (Å²) in [5, 5.41) is 11.6. The standard InChI is InChI=1S/C15H13F2N3/c1-9-3-4-15(10(2)20-9)19-8-12-13(16)5-11(7-18)6-14(12)17/h3-6,19H,8H2,1-2H3. The molecule has 0 radical (unpaired) electrons. The molecule has 102 valence electrons. The average Bonchev–Trinajstić information content (AvgIpc) is 2.39. The first kappa shape index (κ1) is 13.9. The molecule has 0 fully saturated rings. The maximum absolute atomic E-state index is 13.7. The summed E-state index contributed by atoms with van der Waals surface area (Å²) >= 11 is 0. The number of pyridine rings is 1. The summed E-state index contributed by atoms with van der Waals surface area (Å²) in [6.45, 7) is 3.69. The minimum atomic E-state index is -0.730. The summed E-state index contributed by atoms with van der Waals surface area (Å²) in [7, 11) is 0. The van der Waals surface area contributed by atoms with E-state index >= 15 is 0 Å². The SMILES string of the molecule is Cc1ccc(NCc2c(F)cc(C#N)cc2F)c(C)n1. The number of anilines is 1. The fraction of sp³-hybridized carbons (Fsp3) is 0.200. The molecule has 1 aromatic heterocycles. The monoisotopic (exact) mass is 273 g/mol. The van der Waals surface area contributed by atoms with Gasteiger partial charge in [0.25, 0.3) is 0 Å². The van der Waals surface area contributed by atoms with E-state index in [0.29, 0.717) is 0 Å². The molecular weight excluding hydrogens is 260 g/mol. The topological polar surface area (TPSA) is 48.7 Å². The summed E-state index contributed by atoms with van der Waals surface area (Å²) in [6, 6.07) is 7.41. The highest BCUT2D eigenvalue weighted by molar-refractivity contribution is 5.48. The normalized spacial score (nSPS) is 10.2. The Morgan fingerprint density at radius 3 is 2.40 bits per heavy atom. The van der Waals surface area contributed by atoms with Gasteiger partial charge in [-0.1, -0.05) is 0 Å². The third-order valence-corrected chi connectivity index (χ3v) is 2.95. The molecule has 0 aliphatic rings. The number of nitrogens with zero attached hydrogens (tertiary/aromatic N) is 2. The smallest absolute Gasteiger partial charge is 0.132 e. The summed E-state index contributed by atoms with van der Waals surface area (Å²) < 4.78 is 27.4. The molecule has 0 bridgehead atoms. The van der Waals surface area contributed by atoms with Crippen molar-refractivity contribution in [2.75, 3.05) is 5.32 Å². The number of halogens is 2. The zero-order chi connectivity index (χ0) is 14.7. The molecular formula is C15H13F2N3. The van der Waals surface area contributed by atoms with E-state index in [2.05, 4.69) is 10.3 Å². The Bertz CT molecular complexity index is 667. The van der Waals surface area contributed by atoms with Crippen molar-refractivity contribution in [3.63, 3.8) is 0 Å². The van der Waals surface area contributed by atoms with E-state index in [0.717, 1.165) is 29.2 Å². The lowest BCUT2D eigenvalue weighted by Gasteiger charge is -2.11. The lowest BCUT2D eigenvalue weighted by Crippen LogP contribution is -2.07. The van der Waals surface area contributed by atoms with E-state index in [-0.39, 0.29) is 17.7 Å². The van der Waals surface area contributed by atoms with Crippen LogP contribution in [-0.2, 0) is 6.54 Å². The van der Waals surface area contributed by atoms with E-state index in [1.165, 1.54) is 0 Å². The summed E-state index contributed by atoms with van der Waals surface area (Å²) in [6.07, 6.45) is 0. The minimum Gasteiger partial charge on any atom is -0.379 e. The molecule has 0 atom stereocenters. The van der Waals surface area contributed by atoms with Crippen LogP contribution >= 0.6 is 0 Å². The molecule has 1 N–H and O–H groups in total. The second-order valence-electron chi connectivity index (χ2n) is 4.47. The number of rotatable bonds is 3. The van der Waals surface area contributed by atoms with Gasteiger partial charge in [0.2, 0.25) is 0 Å². The molecule has 20 heavy (non-hydrogen) atoms. The van der Waals surface area contributed by atoms with E-state index in [1.807, 2.05) is 26.0 Å². The molecule has 0 unspecified atom stereocenters. The maximum atomic E-state index is 13.7. The fourth-order valence-electron chi connectivity index (χ4n) is 1.89. The number of benzene rings is 1. The predicted octanol–water partition coefficient (Wildman–Crippen LogP) is 3.46. The van der Waals surface area contributed by atoms with Crippen LogP contribution < -0.4 is 5.32 Å². The van der Waals surface area contributed by atoms with Crippen LogP contribution in [0.5, 0.6) is 0 Å². The van der Waals surface area contributed by atoms with Crippen LogP contribution in [0.15, 0.2) is 24.3 Å². The molecule has 1 heterocycles. The second kappa shape index (κ2) is 5.66. The van der Waals surface area contributed by atoms with Gasteiger partial charge in [-0.25, -0.2) is 8.78 Å². The summed E-state index contributed by atoms with van der Waals surface area (Å²) in [4.78, 5) is 4.27. The lowest BCUT2D eigenvalue weighted by atomic mass is 10.1. The molecule has 5 heteroatoms. The average molecular weight is 273 g/mol. The fourth-order valence-corrected chi connectivity index (χ4v) is 1.89.